The first-order chi connectivity index (χ1) is 11.0. The third-order valence-corrected chi connectivity index (χ3v) is 3.72. The van der Waals surface area contributed by atoms with Gasteiger partial charge in [-0.3, -0.25) is 0 Å². The minimum absolute atomic E-state index is 0.00886. The maximum Gasteiger partial charge on any atom is 0.319 e. The number of aliphatic hydroxyl groups is 1. The number of anilines is 1. The molecule has 2 rings (SSSR count). The van der Waals surface area contributed by atoms with E-state index in [0.717, 1.165) is 17.8 Å². The maximum atomic E-state index is 12.0. The first-order valence-electron chi connectivity index (χ1n) is 7.50. The molecule has 6 nitrogen and oxygen atoms in total. The van der Waals surface area contributed by atoms with Gasteiger partial charge in [-0.15, -0.1) is 0 Å². The SMILES string of the molecule is Cc1c(NC(=O)NC(C)CCCO)cnn1-c1cccc(Cl)c1. The molecule has 0 bridgehead atoms. The van der Waals surface area contributed by atoms with E-state index in [9.17, 15) is 4.79 Å². The number of aliphatic hydroxyl groups excluding tert-OH is 1. The molecule has 1 heterocycles. The molecule has 7 heteroatoms. The summed E-state index contributed by atoms with van der Waals surface area (Å²) in [7, 11) is 0. The molecule has 1 unspecified atom stereocenters. The Labute approximate surface area is 140 Å². The lowest BCUT2D eigenvalue weighted by atomic mass is 10.2. The van der Waals surface area contributed by atoms with Crippen LogP contribution in [0.25, 0.3) is 5.69 Å². The third kappa shape index (κ3) is 4.71. The number of benzene rings is 1. The monoisotopic (exact) mass is 336 g/mol. The zero-order chi connectivity index (χ0) is 16.8. The van der Waals surface area contributed by atoms with Crippen LogP contribution in [0.1, 0.15) is 25.5 Å². The first-order valence-corrected chi connectivity index (χ1v) is 7.88. The van der Waals surface area contributed by atoms with Crippen LogP contribution >= 0.6 is 11.6 Å². The summed E-state index contributed by atoms with van der Waals surface area (Å²) < 4.78 is 1.72. The summed E-state index contributed by atoms with van der Waals surface area (Å²) >= 11 is 6.00. The Morgan fingerprint density at radius 3 is 2.96 bits per heavy atom. The van der Waals surface area contributed by atoms with E-state index in [0.29, 0.717) is 17.1 Å². The first kappa shape index (κ1) is 17.3. The highest BCUT2D eigenvalue weighted by Gasteiger charge is 2.12. The summed E-state index contributed by atoms with van der Waals surface area (Å²) in [6.07, 6.45) is 2.99. The Bertz CT molecular complexity index is 672. The summed E-state index contributed by atoms with van der Waals surface area (Å²) in [4.78, 5) is 12.0. The second kappa shape index (κ2) is 7.99. The zero-order valence-corrected chi connectivity index (χ0v) is 14.0. The number of hydrogen-bond acceptors (Lipinski definition) is 3. The Morgan fingerprint density at radius 2 is 2.26 bits per heavy atom. The molecule has 0 aliphatic carbocycles. The van der Waals surface area contributed by atoms with Crippen molar-refractivity contribution in [2.24, 2.45) is 0 Å². The molecule has 1 aromatic heterocycles. The van der Waals surface area contributed by atoms with Gasteiger partial charge in [0.2, 0.25) is 0 Å². The van der Waals surface area contributed by atoms with Gasteiger partial charge in [-0.2, -0.15) is 5.10 Å². The summed E-state index contributed by atoms with van der Waals surface area (Å²) in [6, 6.07) is 7.05. The number of aromatic nitrogens is 2. The van der Waals surface area contributed by atoms with Gasteiger partial charge in [-0.1, -0.05) is 17.7 Å². The van der Waals surface area contributed by atoms with Crippen molar-refractivity contribution in [3.63, 3.8) is 0 Å². The predicted octanol–water partition coefficient (Wildman–Crippen LogP) is 3.12. The number of urea groups is 1. The molecule has 0 spiro atoms. The van der Waals surface area contributed by atoms with E-state index in [4.69, 9.17) is 16.7 Å². The largest absolute Gasteiger partial charge is 0.396 e. The maximum absolute atomic E-state index is 12.0. The Kier molecular flexibility index (Phi) is 6.01. The van der Waals surface area contributed by atoms with E-state index < -0.39 is 0 Å². The van der Waals surface area contributed by atoms with Crippen molar-refractivity contribution in [1.82, 2.24) is 15.1 Å². The quantitative estimate of drug-likeness (QED) is 0.758. The summed E-state index contributed by atoms with van der Waals surface area (Å²) in [5.74, 6) is 0. The van der Waals surface area contributed by atoms with Crippen LogP contribution in [0, 0.1) is 6.92 Å². The molecule has 3 N–H and O–H groups in total. The topological polar surface area (TPSA) is 79.2 Å². The van der Waals surface area contributed by atoms with Gasteiger partial charge in [-0.05, 0) is 44.9 Å². The van der Waals surface area contributed by atoms with E-state index in [1.165, 1.54) is 0 Å². The van der Waals surface area contributed by atoms with Crippen LogP contribution in [0.2, 0.25) is 5.02 Å². The van der Waals surface area contributed by atoms with Gasteiger partial charge in [0, 0.05) is 17.7 Å². The highest BCUT2D eigenvalue weighted by molar-refractivity contribution is 6.30. The Hall–Kier alpha value is -2.05. The molecule has 0 radical (unpaired) electrons. The minimum atomic E-state index is -0.288. The normalized spacial score (nSPS) is 12.0. The van der Waals surface area contributed by atoms with Crippen molar-refractivity contribution in [3.8, 4) is 5.69 Å². The van der Waals surface area contributed by atoms with Crippen LogP contribution in [-0.4, -0.2) is 33.6 Å². The number of carbonyl (C=O) groups is 1. The fourth-order valence-corrected chi connectivity index (χ4v) is 2.44. The lowest BCUT2D eigenvalue weighted by molar-refractivity contribution is 0.245. The Balaban J connectivity index is 2.03. The lowest BCUT2D eigenvalue weighted by Gasteiger charge is -2.14. The number of rotatable bonds is 6. The van der Waals surface area contributed by atoms with Gasteiger partial charge >= 0.3 is 6.03 Å². The fraction of sp³-hybridized carbons (Fsp3) is 0.375. The number of hydrogen-bond donors (Lipinski definition) is 3. The van der Waals surface area contributed by atoms with E-state index in [1.807, 2.05) is 32.0 Å². The van der Waals surface area contributed by atoms with E-state index >= 15 is 0 Å². The van der Waals surface area contributed by atoms with Crippen LogP contribution in [0.15, 0.2) is 30.5 Å². The van der Waals surface area contributed by atoms with E-state index in [-0.39, 0.29) is 18.7 Å². The van der Waals surface area contributed by atoms with Crippen LogP contribution in [0.5, 0.6) is 0 Å². The summed E-state index contributed by atoms with van der Waals surface area (Å²) in [5.41, 5.74) is 2.28. The fourth-order valence-electron chi connectivity index (χ4n) is 2.25. The molecule has 23 heavy (non-hydrogen) atoms. The van der Waals surface area contributed by atoms with Gasteiger partial charge in [0.05, 0.1) is 23.3 Å². The number of nitrogens with zero attached hydrogens (tertiary/aromatic N) is 2. The van der Waals surface area contributed by atoms with Gasteiger partial charge in [0.25, 0.3) is 0 Å². The predicted molar refractivity (Wildman–Crippen MR) is 91.2 cm³/mol. The molecule has 0 fully saturated rings. The molecule has 1 aromatic carbocycles. The number of halogens is 1. The molecular formula is C16H21ClN4O2. The van der Waals surface area contributed by atoms with Crippen LogP contribution < -0.4 is 10.6 Å². The average Bonchev–Trinajstić information content (AvgIpc) is 2.86. The van der Waals surface area contributed by atoms with Crippen LogP contribution in [0.4, 0.5) is 10.5 Å². The van der Waals surface area contributed by atoms with Crippen molar-refractivity contribution < 1.29 is 9.90 Å². The summed E-state index contributed by atoms with van der Waals surface area (Å²) in [5, 5.41) is 19.3. The average molecular weight is 337 g/mol. The molecule has 1 atom stereocenters. The molecular weight excluding hydrogens is 316 g/mol. The number of nitrogens with one attached hydrogen (secondary N) is 2. The summed E-state index contributed by atoms with van der Waals surface area (Å²) in [6.45, 7) is 3.90. The second-order valence-corrected chi connectivity index (χ2v) is 5.84. The van der Waals surface area contributed by atoms with Gasteiger partial charge < -0.3 is 15.7 Å². The van der Waals surface area contributed by atoms with Crippen molar-refractivity contribution in [2.45, 2.75) is 32.7 Å². The molecule has 0 saturated heterocycles. The molecule has 0 aliphatic rings. The molecule has 0 aliphatic heterocycles. The highest BCUT2D eigenvalue weighted by atomic mass is 35.5. The van der Waals surface area contributed by atoms with Crippen LogP contribution in [0.3, 0.4) is 0 Å². The van der Waals surface area contributed by atoms with E-state index in [1.54, 1.807) is 16.9 Å². The Morgan fingerprint density at radius 1 is 1.48 bits per heavy atom. The van der Waals surface area contributed by atoms with Gasteiger partial charge in [0.1, 0.15) is 0 Å². The smallest absolute Gasteiger partial charge is 0.319 e. The number of carbonyl (C=O) groups excluding carboxylic acids is 1. The lowest BCUT2D eigenvalue weighted by Crippen LogP contribution is -2.36. The standard InChI is InChI=1S/C16H21ClN4O2/c1-11(5-4-8-22)19-16(23)20-15-10-18-21(12(15)2)14-7-3-6-13(17)9-14/h3,6-7,9-11,22H,4-5,8H2,1-2H3,(H2,19,20,23). The second-order valence-electron chi connectivity index (χ2n) is 5.40. The van der Waals surface area contributed by atoms with E-state index in [2.05, 4.69) is 15.7 Å². The van der Waals surface area contributed by atoms with Gasteiger partial charge in [0.15, 0.2) is 0 Å². The molecule has 2 aromatic rings. The molecule has 0 saturated carbocycles. The number of amides is 2. The highest BCUT2D eigenvalue weighted by Crippen LogP contribution is 2.20. The van der Waals surface area contributed by atoms with Crippen molar-refractivity contribution in [3.05, 3.63) is 41.2 Å². The minimum Gasteiger partial charge on any atom is -0.396 e. The zero-order valence-electron chi connectivity index (χ0n) is 13.2. The van der Waals surface area contributed by atoms with Gasteiger partial charge in [-0.25, -0.2) is 9.48 Å². The van der Waals surface area contributed by atoms with Crippen LogP contribution in [-0.2, 0) is 0 Å². The van der Waals surface area contributed by atoms with Crippen molar-refractivity contribution >= 4 is 23.3 Å². The third-order valence-electron chi connectivity index (χ3n) is 3.48. The van der Waals surface area contributed by atoms with Crippen molar-refractivity contribution in [2.75, 3.05) is 11.9 Å². The molecule has 124 valence electrons. The van der Waals surface area contributed by atoms with Crippen molar-refractivity contribution in [1.29, 1.82) is 0 Å². The molecule has 2 amide bonds.